The number of nitrogens with zero attached hydrogens (tertiary/aromatic N) is 1. The van der Waals surface area contributed by atoms with Crippen LogP contribution in [-0.4, -0.2) is 59.9 Å². The lowest BCUT2D eigenvalue weighted by molar-refractivity contribution is -0.118. The highest BCUT2D eigenvalue weighted by atomic mass is 32.2. The van der Waals surface area contributed by atoms with Crippen molar-refractivity contribution in [3.63, 3.8) is 0 Å². The van der Waals surface area contributed by atoms with Gasteiger partial charge in [-0.1, -0.05) is 42.1 Å². The topological polar surface area (TPSA) is 90.9 Å². The van der Waals surface area contributed by atoms with Crippen molar-refractivity contribution in [1.29, 1.82) is 0 Å². The number of aliphatic hydroxyl groups is 1. The Bertz CT molecular complexity index is 901. The number of rotatable bonds is 9. The van der Waals surface area contributed by atoms with Gasteiger partial charge >= 0.3 is 0 Å². The summed E-state index contributed by atoms with van der Waals surface area (Å²) in [6.07, 6.45) is 2.03. The minimum Gasteiger partial charge on any atom is -0.491 e. The van der Waals surface area contributed by atoms with Crippen LogP contribution in [0.3, 0.4) is 0 Å². The monoisotopic (exact) mass is 455 g/mol. The first-order valence-corrected chi connectivity index (χ1v) is 11.9. The average Bonchev–Trinajstić information content (AvgIpc) is 3.14. The first-order valence-electron chi connectivity index (χ1n) is 11.0. The lowest BCUT2D eigenvalue weighted by Crippen LogP contribution is -2.45. The number of carbonyl (C=O) groups excluding carboxylic acids is 2. The number of hydrogen-bond acceptors (Lipinski definition) is 7. The van der Waals surface area contributed by atoms with E-state index in [1.807, 2.05) is 42.5 Å². The number of thioether (sulfide) groups is 1. The van der Waals surface area contributed by atoms with E-state index in [1.165, 1.54) is 5.69 Å². The third-order valence-corrected chi connectivity index (χ3v) is 6.79. The Hall–Kier alpha value is -2.55. The molecule has 7 nitrogen and oxygen atoms in total. The predicted molar refractivity (Wildman–Crippen MR) is 126 cm³/mol. The summed E-state index contributed by atoms with van der Waals surface area (Å²) >= 11 is 1.07. The maximum absolute atomic E-state index is 11.7. The third-order valence-electron chi connectivity index (χ3n) is 5.81. The van der Waals surface area contributed by atoms with Gasteiger partial charge in [0.15, 0.2) is 0 Å². The molecule has 4 rings (SSSR count). The van der Waals surface area contributed by atoms with Crippen LogP contribution in [0.5, 0.6) is 5.75 Å². The highest BCUT2D eigenvalue weighted by Crippen LogP contribution is 2.25. The van der Waals surface area contributed by atoms with E-state index in [9.17, 15) is 14.7 Å². The van der Waals surface area contributed by atoms with Crippen LogP contribution in [0.15, 0.2) is 54.6 Å². The molecule has 0 saturated carbocycles. The van der Waals surface area contributed by atoms with Gasteiger partial charge in [0.1, 0.15) is 18.5 Å². The van der Waals surface area contributed by atoms with Gasteiger partial charge in [-0.05, 0) is 49.1 Å². The van der Waals surface area contributed by atoms with Gasteiger partial charge in [0.05, 0.1) is 5.25 Å². The maximum Gasteiger partial charge on any atom is 0.286 e. The number of hydrogen-bond donors (Lipinski definition) is 3. The molecule has 2 aromatic carbocycles. The number of nitrogens with one attached hydrogen (secondary N) is 2. The van der Waals surface area contributed by atoms with Crippen molar-refractivity contribution in [2.45, 2.75) is 36.7 Å². The molecule has 2 atom stereocenters. The molecule has 0 aromatic heterocycles. The molecule has 0 spiro atoms. The van der Waals surface area contributed by atoms with Crippen molar-refractivity contribution >= 4 is 28.6 Å². The van der Waals surface area contributed by atoms with Crippen molar-refractivity contribution in [2.24, 2.45) is 0 Å². The Labute approximate surface area is 192 Å². The van der Waals surface area contributed by atoms with E-state index in [4.69, 9.17) is 4.74 Å². The molecular formula is C24H29N3O4S. The largest absolute Gasteiger partial charge is 0.491 e. The number of piperidine rings is 1. The molecule has 2 aliphatic rings. The SMILES string of the molecule is O=C1NC(=O)C(Cc2ccc(N3CCC(NCC(O)COc4ccccc4)CC3)cc2)S1. The summed E-state index contributed by atoms with van der Waals surface area (Å²) in [4.78, 5) is 25.4. The molecule has 2 aromatic rings. The van der Waals surface area contributed by atoms with E-state index in [0.29, 0.717) is 19.0 Å². The fraction of sp³-hybridized carbons (Fsp3) is 0.417. The van der Waals surface area contributed by atoms with Gasteiger partial charge in [0.2, 0.25) is 5.91 Å². The quantitative estimate of drug-likeness (QED) is 0.535. The second-order valence-electron chi connectivity index (χ2n) is 8.20. The lowest BCUT2D eigenvalue weighted by atomic mass is 10.0. The predicted octanol–water partition coefficient (Wildman–Crippen LogP) is 2.58. The van der Waals surface area contributed by atoms with E-state index < -0.39 is 6.10 Å². The summed E-state index contributed by atoms with van der Waals surface area (Å²) in [5.74, 6) is 0.569. The minimum absolute atomic E-state index is 0.199. The van der Waals surface area contributed by atoms with Crippen molar-refractivity contribution in [3.8, 4) is 5.75 Å². The molecule has 2 heterocycles. The average molecular weight is 456 g/mol. The second-order valence-corrected chi connectivity index (χ2v) is 9.38. The Morgan fingerprint density at radius 2 is 1.81 bits per heavy atom. The number of carbonyl (C=O) groups is 2. The van der Waals surface area contributed by atoms with E-state index in [0.717, 1.165) is 49.0 Å². The lowest BCUT2D eigenvalue weighted by Gasteiger charge is -2.34. The number of aliphatic hydroxyl groups excluding tert-OH is 1. The fourth-order valence-corrected chi connectivity index (χ4v) is 4.86. The van der Waals surface area contributed by atoms with E-state index >= 15 is 0 Å². The molecule has 3 N–H and O–H groups in total. The Morgan fingerprint density at radius 3 is 2.47 bits per heavy atom. The summed E-state index contributed by atoms with van der Waals surface area (Å²) in [7, 11) is 0. The van der Waals surface area contributed by atoms with Gasteiger partial charge in [-0.25, -0.2) is 0 Å². The smallest absolute Gasteiger partial charge is 0.286 e. The zero-order valence-electron chi connectivity index (χ0n) is 17.9. The van der Waals surface area contributed by atoms with Crippen molar-refractivity contribution < 1.29 is 19.4 Å². The molecule has 8 heteroatoms. The van der Waals surface area contributed by atoms with Crippen LogP contribution in [0.2, 0.25) is 0 Å². The summed E-state index contributed by atoms with van der Waals surface area (Å²) in [5, 5.41) is 15.4. The Balaban J connectivity index is 1.16. The van der Waals surface area contributed by atoms with Crippen LogP contribution < -0.4 is 20.3 Å². The van der Waals surface area contributed by atoms with Crippen LogP contribution in [-0.2, 0) is 11.2 Å². The molecule has 2 unspecified atom stereocenters. The molecule has 0 radical (unpaired) electrons. The molecule has 2 amide bonds. The van der Waals surface area contributed by atoms with Gasteiger partial charge in [-0.15, -0.1) is 0 Å². The summed E-state index contributed by atoms with van der Waals surface area (Å²) in [6.45, 7) is 2.69. The van der Waals surface area contributed by atoms with Crippen LogP contribution in [0.4, 0.5) is 10.5 Å². The van der Waals surface area contributed by atoms with Crippen LogP contribution in [0.25, 0.3) is 0 Å². The number of para-hydroxylation sites is 1. The molecule has 0 bridgehead atoms. The van der Waals surface area contributed by atoms with Gasteiger partial charge < -0.3 is 20.1 Å². The first kappa shape index (κ1) is 22.6. The Morgan fingerprint density at radius 1 is 1.09 bits per heavy atom. The van der Waals surface area contributed by atoms with E-state index in [1.54, 1.807) is 0 Å². The molecule has 0 aliphatic carbocycles. The van der Waals surface area contributed by atoms with Gasteiger partial charge in [-0.2, -0.15) is 0 Å². The summed E-state index contributed by atoms with van der Waals surface area (Å²) in [6, 6.07) is 18.2. The number of anilines is 1. The normalized spacial score (nSPS) is 20.3. The van der Waals surface area contributed by atoms with Crippen molar-refractivity contribution in [1.82, 2.24) is 10.6 Å². The zero-order valence-corrected chi connectivity index (χ0v) is 18.7. The van der Waals surface area contributed by atoms with Gasteiger partial charge in [0.25, 0.3) is 5.24 Å². The number of ether oxygens (including phenoxy) is 1. The number of amides is 2. The van der Waals surface area contributed by atoms with Crippen LogP contribution in [0.1, 0.15) is 18.4 Å². The van der Waals surface area contributed by atoms with Crippen LogP contribution in [0, 0.1) is 0 Å². The molecule has 170 valence electrons. The molecule has 2 saturated heterocycles. The zero-order chi connectivity index (χ0) is 22.3. The minimum atomic E-state index is -0.545. The molecule has 2 fully saturated rings. The second kappa shape index (κ2) is 10.8. The Kier molecular flexibility index (Phi) is 7.68. The highest BCUT2D eigenvalue weighted by Gasteiger charge is 2.31. The first-order chi connectivity index (χ1) is 15.6. The van der Waals surface area contributed by atoms with Crippen LogP contribution >= 0.6 is 11.8 Å². The number of imide groups is 1. The van der Waals surface area contributed by atoms with E-state index in [2.05, 4.69) is 27.7 Å². The summed E-state index contributed by atoms with van der Waals surface area (Å²) < 4.78 is 5.61. The van der Waals surface area contributed by atoms with Gasteiger partial charge in [-0.3, -0.25) is 14.9 Å². The third kappa shape index (κ3) is 6.25. The standard InChI is InChI=1S/C24H29N3O4S/c28-20(16-31-21-4-2-1-3-5-21)15-25-18-10-12-27(13-11-18)19-8-6-17(7-9-19)14-22-23(29)26-24(30)32-22/h1-9,18,20,22,25,28H,10-16H2,(H,26,29,30). The maximum atomic E-state index is 11.7. The number of benzene rings is 2. The highest BCUT2D eigenvalue weighted by molar-refractivity contribution is 8.15. The van der Waals surface area contributed by atoms with E-state index in [-0.39, 0.29) is 23.0 Å². The fourth-order valence-electron chi connectivity index (χ4n) is 4.00. The molecular weight excluding hydrogens is 426 g/mol. The molecule has 32 heavy (non-hydrogen) atoms. The van der Waals surface area contributed by atoms with Gasteiger partial charge in [0, 0.05) is 31.4 Å². The van der Waals surface area contributed by atoms with Crippen molar-refractivity contribution in [2.75, 3.05) is 31.1 Å². The molecule has 2 aliphatic heterocycles. The van der Waals surface area contributed by atoms with Crippen molar-refractivity contribution in [3.05, 3.63) is 60.2 Å². The summed E-state index contributed by atoms with van der Waals surface area (Å²) in [5.41, 5.74) is 2.22.